The fourth-order valence-corrected chi connectivity index (χ4v) is 4.36. The molecule has 1 atom stereocenters. The third-order valence-corrected chi connectivity index (χ3v) is 5.64. The van der Waals surface area contributed by atoms with Crippen LogP contribution in [0, 0.1) is 11.7 Å². The molecule has 1 unspecified atom stereocenters. The predicted molar refractivity (Wildman–Crippen MR) is 93.1 cm³/mol. The lowest BCUT2D eigenvalue weighted by Crippen LogP contribution is -2.18. The van der Waals surface area contributed by atoms with E-state index in [1.54, 1.807) is 18.2 Å². The van der Waals surface area contributed by atoms with Crippen LogP contribution in [0.5, 0.6) is 0 Å². The highest BCUT2D eigenvalue weighted by Gasteiger charge is 2.27. The van der Waals surface area contributed by atoms with Crippen molar-refractivity contribution in [3.8, 4) is 0 Å². The molecule has 0 spiro atoms. The largest absolute Gasteiger partial charge is 0.387 e. The van der Waals surface area contributed by atoms with Crippen LogP contribution in [0.25, 0.3) is 11.0 Å². The van der Waals surface area contributed by atoms with Gasteiger partial charge in [-0.25, -0.2) is 21.8 Å². The molecule has 2 aromatic heterocycles. The summed E-state index contributed by atoms with van der Waals surface area (Å²) in [7, 11) is -3.97. The minimum atomic E-state index is -3.97. The van der Waals surface area contributed by atoms with Crippen molar-refractivity contribution >= 4 is 21.1 Å². The molecule has 0 aliphatic carbocycles. The summed E-state index contributed by atoms with van der Waals surface area (Å²) in [5.41, 5.74) is 0.286. The van der Waals surface area contributed by atoms with Crippen LogP contribution >= 0.6 is 0 Å². The van der Waals surface area contributed by atoms with Gasteiger partial charge in [0.25, 0.3) is 10.0 Å². The van der Waals surface area contributed by atoms with E-state index < -0.39 is 21.9 Å². The maximum absolute atomic E-state index is 13.5. The maximum Gasteiger partial charge on any atom is 0.269 e. The highest BCUT2D eigenvalue weighted by atomic mass is 32.2. The van der Waals surface area contributed by atoms with Crippen molar-refractivity contribution in [3.63, 3.8) is 0 Å². The number of benzene rings is 1. The number of halogens is 1. The summed E-state index contributed by atoms with van der Waals surface area (Å²) in [6, 6.07) is 10.6. The zero-order valence-corrected chi connectivity index (χ0v) is 14.7. The van der Waals surface area contributed by atoms with Gasteiger partial charge in [-0.3, -0.25) is 0 Å². The number of aliphatic hydroxyl groups is 1. The Morgan fingerprint density at radius 2 is 1.88 bits per heavy atom. The van der Waals surface area contributed by atoms with Gasteiger partial charge in [0, 0.05) is 5.39 Å². The Labute approximate surface area is 145 Å². The quantitative estimate of drug-likeness (QED) is 0.754. The molecule has 1 N–H and O–H groups in total. The van der Waals surface area contributed by atoms with Gasteiger partial charge >= 0.3 is 0 Å². The molecule has 3 rings (SSSR count). The molecule has 0 radical (unpaired) electrons. The molecule has 0 aliphatic heterocycles. The molecule has 0 saturated carbocycles. The monoisotopic (exact) mass is 362 g/mol. The Kier molecular flexibility index (Phi) is 4.62. The van der Waals surface area contributed by atoms with E-state index in [0.29, 0.717) is 11.8 Å². The van der Waals surface area contributed by atoms with E-state index in [1.807, 2.05) is 13.8 Å². The number of rotatable bonds is 5. The van der Waals surface area contributed by atoms with Gasteiger partial charge in [-0.1, -0.05) is 32.0 Å². The third-order valence-electron chi connectivity index (χ3n) is 3.91. The zero-order chi connectivity index (χ0) is 18.2. The average molecular weight is 362 g/mol. The van der Waals surface area contributed by atoms with Crippen LogP contribution in [-0.2, 0) is 10.0 Å². The highest BCUT2D eigenvalue weighted by molar-refractivity contribution is 7.90. The van der Waals surface area contributed by atoms with Crippen molar-refractivity contribution in [2.45, 2.75) is 31.3 Å². The first kappa shape index (κ1) is 17.6. The zero-order valence-electron chi connectivity index (χ0n) is 13.9. The topological polar surface area (TPSA) is 72.2 Å². The van der Waals surface area contributed by atoms with Gasteiger partial charge in [0.15, 0.2) is 5.65 Å². The number of aromatic nitrogens is 2. The Morgan fingerprint density at radius 3 is 2.52 bits per heavy atom. The minimum Gasteiger partial charge on any atom is -0.387 e. The Bertz CT molecular complexity index is 998. The van der Waals surface area contributed by atoms with Crippen LogP contribution in [0.1, 0.15) is 32.1 Å². The van der Waals surface area contributed by atoms with Crippen LogP contribution in [0.2, 0.25) is 0 Å². The summed E-state index contributed by atoms with van der Waals surface area (Å²) in [4.78, 5) is 4.03. The molecule has 0 bridgehead atoms. The van der Waals surface area contributed by atoms with Gasteiger partial charge in [-0.15, -0.1) is 0 Å². The van der Waals surface area contributed by atoms with Crippen LogP contribution in [0.4, 0.5) is 4.39 Å². The van der Waals surface area contributed by atoms with Crippen LogP contribution in [-0.4, -0.2) is 22.5 Å². The lowest BCUT2D eigenvalue weighted by molar-refractivity contribution is 0.146. The van der Waals surface area contributed by atoms with Crippen molar-refractivity contribution in [1.82, 2.24) is 8.96 Å². The maximum atomic E-state index is 13.5. The van der Waals surface area contributed by atoms with Crippen molar-refractivity contribution in [2.75, 3.05) is 0 Å². The Morgan fingerprint density at radius 1 is 1.20 bits per heavy atom. The van der Waals surface area contributed by atoms with E-state index >= 15 is 0 Å². The molecular weight excluding hydrogens is 343 g/mol. The molecule has 0 fully saturated rings. The number of fused-ring (bicyclic) bond motifs is 1. The smallest absolute Gasteiger partial charge is 0.269 e. The van der Waals surface area contributed by atoms with Crippen molar-refractivity contribution in [2.24, 2.45) is 5.92 Å². The number of nitrogens with zero attached hydrogens (tertiary/aromatic N) is 2. The van der Waals surface area contributed by atoms with E-state index in [1.165, 1.54) is 24.3 Å². The summed E-state index contributed by atoms with van der Waals surface area (Å²) in [6.07, 6.45) is 0.344. The normalized spacial score (nSPS) is 13.5. The lowest BCUT2D eigenvalue weighted by atomic mass is 10.0. The molecule has 2 heterocycles. The SMILES string of the molecule is CC(C)CC(O)c1cc2cc(F)cnc2n1S(=O)(=O)c1ccccc1. The molecule has 25 heavy (non-hydrogen) atoms. The summed E-state index contributed by atoms with van der Waals surface area (Å²) in [5, 5.41) is 10.9. The van der Waals surface area contributed by atoms with Gasteiger partial charge in [-0.05, 0) is 36.6 Å². The van der Waals surface area contributed by atoms with E-state index in [2.05, 4.69) is 4.98 Å². The first-order valence-corrected chi connectivity index (χ1v) is 9.40. The Balaban J connectivity index is 2.28. The highest BCUT2D eigenvalue weighted by Crippen LogP contribution is 2.31. The summed E-state index contributed by atoms with van der Waals surface area (Å²) in [6.45, 7) is 3.86. The fourth-order valence-electron chi connectivity index (χ4n) is 2.81. The first-order valence-electron chi connectivity index (χ1n) is 7.96. The van der Waals surface area contributed by atoms with Crippen molar-refractivity contribution in [1.29, 1.82) is 0 Å². The van der Waals surface area contributed by atoms with Crippen molar-refractivity contribution < 1.29 is 17.9 Å². The van der Waals surface area contributed by atoms with Crippen molar-refractivity contribution in [3.05, 3.63) is 60.2 Å². The van der Waals surface area contributed by atoms with Gasteiger partial charge in [0.1, 0.15) is 5.82 Å². The molecule has 132 valence electrons. The summed E-state index contributed by atoms with van der Waals surface area (Å²) in [5.74, 6) is -0.405. The van der Waals surface area contributed by atoms with Gasteiger partial charge in [-0.2, -0.15) is 0 Å². The van der Waals surface area contributed by atoms with Crippen LogP contribution < -0.4 is 0 Å². The molecule has 7 heteroatoms. The van der Waals surface area contributed by atoms with Crippen LogP contribution in [0.3, 0.4) is 0 Å². The number of hydrogen-bond acceptors (Lipinski definition) is 4. The van der Waals surface area contributed by atoms with Crippen LogP contribution in [0.15, 0.2) is 53.6 Å². The molecule has 0 aliphatic rings. The standard InChI is InChI=1S/C18H19FN2O3S/c1-12(2)8-17(22)16-10-13-9-14(19)11-20-18(13)21(16)25(23,24)15-6-4-3-5-7-15/h3-7,9-12,17,22H,8H2,1-2H3. The second kappa shape index (κ2) is 6.57. The second-order valence-corrected chi connectivity index (χ2v) is 8.15. The summed E-state index contributed by atoms with van der Waals surface area (Å²) < 4.78 is 40.8. The predicted octanol–water partition coefficient (Wildman–Crippen LogP) is 3.49. The molecule has 3 aromatic rings. The molecule has 0 saturated heterocycles. The van der Waals surface area contributed by atoms with E-state index in [4.69, 9.17) is 0 Å². The Hall–Kier alpha value is -2.25. The molecule has 1 aromatic carbocycles. The third kappa shape index (κ3) is 3.29. The number of hydrogen-bond donors (Lipinski definition) is 1. The summed E-state index contributed by atoms with van der Waals surface area (Å²) >= 11 is 0. The van der Waals surface area contributed by atoms with Gasteiger partial charge in [0.2, 0.25) is 0 Å². The average Bonchev–Trinajstić information content (AvgIpc) is 2.94. The first-order chi connectivity index (χ1) is 11.8. The lowest BCUT2D eigenvalue weighted by Gasteiger charge is -2.17. The molecule has 5 nitrogen and oxygen atoms in total. The molecule has 0 amide bonds. The van der Waals surface area contributed by atoms with E-state index in [9.17, 15) is 17.9 Å². The number of aliphatic hydroxyl groups excluding tert-OH is 1. The van der Waals surface area contributed by atoms with E-state index in [0.717, 1.165) is 10.2 Å². The van der Waals surface area contributed by atoms with E-state index in [-0.39, 0.29) is 22.2 Å². The number of pyridine rings is 1. The van der Waals surface area contributed by atoms with Gasteiger partial charge < -0.3 is 5.11 Å². The minimum absolute atomic E-state index is 0.0802. The second-order valence-electron chi connectivity index (χ2n) is 6.36. The fraction of sp³-hybridized carbons (Fsp3) is 0.278. The van der Waals surface area contributed by atoms with Gasteiger partial charge in [0.05, 0.1) is 22.9 Å². The molecular formula is C18H19FN2O3S.